The van der Waals surface area contributed by atoms with E-state index in [9.17, 15) is 10.1 Å². The van der Waals surface area contributed by atoms with Crippen LogP contribution in [0.3, 0.4) is 0 Å². The minimum Gasteiger partial charge on any atom is -0.399 e. The van der Waals surface area contributed by atoms with Gasteiger partial charge < -0.3 is 9.31 Å². The molecule has 1 fully saturated rings. The van der Waals surface area contributed by atoms with E-state index >= 15 is 0 Å². The summed E-state index contributed by atoms with van der Waals surface area (Å²) in [4.78, 5) is 10.2. The van der Waals surface area contributed by atoms with E-state index in [0.29, 0.717) is 0 Å². The molecule has 1 heterocycles. The molecule has 1 saturated heterocycles. The van der Waals surface area contributed by atoms with E-state index in [1.54, 1.807) is 27.7 Å². The van der Waals surface area contributed by atoms with Crippen LogP contribution >= 0.6 is 0 Å². The van der Waals surface area contributed by atoms with Crippen molar-refractivity contribution in [2.75, 3.05) is 0 Å². The summed E-state index contributed by atoms with van der Waals surface area (Å²) < 4.78 is 42.6. The predicted molar refractivity (Wildman–Crippen MR) is 68.8 cm³/mol. The van der Waals surface area contributed by atoms with Crippen LogP contribution in [0.25, 0.3) is 0 Å². The molecule has 18 heavy (non-hydrogen) atoms. The quantitative estimate of drug-likeness (QED) is 0.458. The molecule has 0 bridgehead atoms. The molecule has 0 spiro atoms. The second-order valence-electron chi connectivity index (χ2n) is 5.11. The number of hydrogen-bond donors (Lipinski definition) is 0. The summed E-state index contributed by atoms with van der Waals surface area (Å²) in [7, 11) is -1.16. The molecule has 0 amide bonds. The van der Waals surface area contributed by atoms with Crippen molar-refractivity contribution in [1.82, 2.24) is 0 Å². The van der Waals surface area contributed by atoms with E-state index in [-0.39, 0.29) is 5.46 Å². The number of nitro groups is 1. The largest absolute Gasteiger partial charge is 0.495 e. The maximum atomic E-state index is 11.1. The Kier molecular flexibility index (Phi) is 1.96. The second kappa shape index (κ2) is 4.07. The first kappa shape index (κ1) is 8.66. The van der Waals surface area contributed by atoms with Gasteiger partial charge in [0.1, 0.15) is 0 Å². The van der Waals surface area contributed by atoms with Gasteiger partial charge in [-0.3, -0.25) is 10.1 Å². The minimum absolute atomic E-state index is 0.189. The van der Waals surface area contributed by atoms with Crippen molar-refractivity contribution in [3.63, 3.8) is 0 Å². The molecule has 0 aliphatic carbocycles. The van der Waals surface area contributed by atoms with Gasteiger partial charge in [-0.1, -0.05) is 12.1 Å². The zero-order chi connectivity index (χ0) is 17.0. The molecule has 1 aromatic rings. The monoisotopic (exact) mass is 253 g/mol. The van der Waals surface area contributed by atoms with Crippen molar-refractivity contribution >= 4 is 18.3 Å². The van der Waals surface area contributed by atoms with Crippen LogP contribution < -0.4 is 5.46 Å². The lowest BCUT2D eigenvalue weighted by atomic mass is 9.79. The summed E-state index contributed by atoms with van der Waals surface area (Å²) >= 11 is 0. The third-order valence-electron chi connectivity index (χ3n) is 3.30. The Balaban J connectivity index is 2.66. The molecule has 0 atom stereocenters. The number of hydrogen-bond acceptors (Lipinski definition) is 4. The second-order valence-corrected chi connectivity index (χ2v) is 5.11. The van der Waals surface area contributed by atoms with Crippen LogP contribution in [0, 0.1) is 10.1 Å². The maximum Gasteiger partial charge on any atom is 0.495 e. The first-order valence-corrected chi connectivity index (χ1v) is 5.51. The van der Waals surface area contributed by atoms with E-state index < -0.39 is 53.1 Å². The Hall–Kier alpha value is -1.40. The Labute approximate surface area is 112 Å². The fraction of sp³-hybridized carbons (Fsp3) is 0.500. The highest BCUT2D eigenvalue weighted by molar-refractivity contribution is 6.62. The molecule has 0 N–H and O–H groups in total. The summed E-state index contributed by atoms with van der Waals surface area (Å²) in [5.74, 6) is 0. The molecule has 6 heteroatoms. The molecule has 96 valence electrons. The Morgan fingerprint density at radius 1 is 1.28 bits per heavy atom. The molecule has 0 aromatic heterocycles. The number of nitro benzene ring substituents is 1. The molecule has 0 radical (unpaired) electrons. The van der Waals surface area contributed by atoms with Gasteiger partial charge in [0.15, 0.2) is 0 Å². The molecule has 5 nitrogen and oxygen atoms in total. The Morgan fingerprint density at radius 3 is 2.33 bits per heavy atom. The fourth-order valence-electron chi connectivity index (χ4n) is 1.52. The first-order valence-electron chi connectivity index (χ1n) is 7.51. The van der Waals surface area contributed by atoms with E-state index in [1.165, 1.54) is 0 Å². The van der Waals surface area contributed by atoms with E-state index in [0.717, 1.165) is 0 Å². The van der Waals surface area contributed by atoms with Gasteiger partial charge in [0.2, 0.25) is 0 Å². The summed E-state index contributed by atoms with van der Waals surface area (Å²) in [5.41, 5.74) is -2.49. The molecule has 0 saturated carbocycles. The Morgan fingerprint density at radius 2 is 1.83 bits per heavy atom. The van der Waals surface area contributed by atoms with Gasteiger partial charge >= 0.3 is 7.12 Å². The van der Waals surface area contributed by atoms with E-state index in [2.05, 4.69) is 0 Å². The zero-order valence-electron chi connectivity index (χ0n) is 14.7. The van der Waals surface area contributed by atoms with Crippen LogP contribution in [0.4, 0.5) is 5.69 Å². The van der Waals surface area contributed by atoms with Crippen LogP contribution in [-0.2, 0) is 9.31 Å². The van der Waals surface area contributed by atoms with Gasteiger partial charge in [0, 0.05) is 12.1 Å². The van der Waals surface area contributed by atoms with Crippen molar-refractivity contribution in [3.05, 3.63) is 34.3 Å². The summed E-state index contributed by atoms with van der Waals surface area (Å²) in [6.07, 6.45) is 0. The number of benzene rings is 1. The third-order valence-corrected chi connectivity index (χ3v) is 3.30. The summed E-state index contributed by atoms with van der Waals surface area (Å²) in [6.45, 7) is 7.09. The highest BCUT2D eigenvalue weighted by Crippen LogP contribution is 2.36. The zero-order valence-corrected chi connectivity index (χ0v) is 10.7. The molecule has 2 rings (SSSR count). The van der Waals surface area contributed by atoms with Crippen molar-refractivity contribution in [3.8, 4) is 0 Å². The summed E-state index contributed by atoms with van der Waals surface area (Å²) in [5, 5.41) is 11.1. The van der Waals surface area contributed by atoms with Crippen LogP contribution in [-0.4, -0.2) is 23.2 Å². The lowest BCUT2D eigenvalue weighted by molar-refractivity contribution is -0.384. The molecule has 0 unspecified atom stereocenters. The molecular formula is C12H16BNO4. The topological polar surface area (TPSA) is 61.6 Å². The van der Waals surface area contributed by atoms with Gasteiger partial charge in [-0.05, 0) is 33.2 Å². The fourth-order valence-corrected chi connectivity index (χ4v) is 1.52. The van der Waals surface area contributed by atoms with Gasteiger partial charge in [-0.2, -0.15) is 0 Å². The van der Waals surface area contributed by atoms with Crippen molar-refractivity contribution in [1.29, 1.82) is 0 Å². The lowest BCUT2D eigenvalue weighted by Gasteiger charge is -2.32. The molecule has 1 aliphatic rings. The minimum atomic E-state index is -1.16. The average Bonchev–Trinajstić information content (AvgIpc) is 2.55. The number of nitrogens with zero attached hydrogens (tertiary/aromatic N) is 1. The van der Waals surface area contributed by atoms with Gasteiger partial charge in [-0.15, -0.1) is 0 Å². The Bertz CT molecular complexity index is 649. The molecular weight excluding hydrogens is 233 g/mol. The van der Waals surface area contributed by atoms with E-state index in [1.807, 2.05) is 0 Å². The highest BCUT2D eigenvalue weighted by atomic mass is 16.7. The maximum absolute atomic E-state index is 11.1. The van der Waals surface area contributed by atoms with Gasteiger partial charge in [-0.25, -0.2) is 0 Å². The van der Waals surface area contributed by atoms with Gasteiger partial charge in [0.25, 0.3) is 5.69 Å². The highest BCUT2D eigenvalue weighted by Gasteiger charge is 2.51. The molecule has 1 aromatic carbocycles. The van der Waals surface area contributed by atoms with Crippen molar-refractivity contribution < 1.29 is 19.7 Å². The SMILES string of the molecule is [2H]c1c([2H])c(B2OC(C)(C)C(C)(C)O2)c([2H])c([N+](=O)[O-])c1[2H]. The third kappa shape index (κ3) is 2.13. The van der Waals surface area contributed by atoms with Crippen LogP contribution in [0.15, 0.2) is 24.2 Å². The average molecular weight is 253 g/mol. The van der Waals surface area contributed by atoms with Crippen LogP contribution in [0.1, 0.15) is 33.2 Å². The van der Waals surface area contributed by atoms with Crippen LogP contribution in [0.5, 0.6) is 0 Å². The summed E-state index contributed by atoms with van der Waals surface area (Å²) in [6, 6.07) is -2.44. The predicted octanol–water partition coefficient (Wildman–Crippen LogP) is 1.89. The standard InChI is InChI=1S/C12H16BNO4/c1-11(2)12(3,4)18-13(17-11)9-6-5-7-10(8-9)14(15)16/h5-8H,1-4H3/i5D,6D,7D,8D. The first-order chi connectivity index (χ1) is 9.90. The van der Waals surface area contributed by atoms with E-state index in [4.69, 9.17) is 14.8 Å². The number of rotatable bonds is 2. The van der Waals surface area contributed by atoms with Crippen molar-refractivity contribution in [2.45, 2.75) is 38.9 Å². The van der Waals surface area contributed by atoms with Gasteiger partial charge in [0.05, 0.1) is 21.6 Å². The lowest BCUT2D eigenvalue weighted by Crippen LogP contribution is -2.41. The normalized spacial score (nSPS) is 24.1. The smallest absolute Gasteiger partial charge is 0.399 e. The van der Waals surface area contributed by atoms with Crippen LogP contribution in [0.2, 0.25) is 0 Å². The van der Waals surface area contributed by atoms with Crippen molar-refractivity contribution in [2.24, 2.45) is 0 Å². The molecule has 1 aliphatic heterocycles.